The molecule has 166 valence electrons. The molecule has 0 aliphatic heterocycles. The largest absolute Gasteiger partial charge is 0.477 e. The average Bonchev–Trinajstić information content (AvgIpc) is 3.34. The highest BCUT2D eigenvalue weighted by Gasteiger charge is 2.20. The molecule has 0 saturated heterocycles. The maximum absolute atomic E-state index is 12.0. The van der Waals surface area contributed by atoms with Gasteiger partial charge < -0.3 is 14.2 Å². The fourth-order valence-corrected chi connectivity index (χ4v) is 4.27. The summed E-state index contributed by atoms with van der Waals surface area (Å²) in [4.78, 5) is 28.0. The first kappa shape index (κ1) is 22.3. The van der Waals surface area contributed by atoms with Gasteiger partial charge >= 0.3 is 5.97 Å². The Balaban J connectivity index is 1.82. The molecule has 4 rings (SSSR count). The minimum Gasteiger partial charge on any atom is -0.477 e. The van der Waals surface area contributed by atoms with Crippen molar-refractivity contribution in [2.24, 2.45) is 0 Å². The number of halogens is 1. The maximum Gasteiger partial charge on any atom is 0.352 e. The summed E-state index contributed by atoms with van der Waals surface area (Å²) in [5, 5.41) is 20.2. The summed E-state index contributed by atoms with van der Waals surface area (Å²) in [6.07, 6.45) is 3.33. The third kappa shape index (κ3) is 4.13. The molecule has 2 heterocycles. The Labute approximate surface area is 195 Å². The number of fused-ring (bicyclic) bond motifs is 1. The van der Waals surface area contributed by atoms with Crippen LogP contribution in [0, 0.1) is 11.3 Å². The van der Waals surface area contributed by atoms with E-state index in [2.05, 4.69) is 18.0 Å². The summed E-state index contributed by atoms with van der Waals surface area (Å²) < 4.78 is 3.39. The number of unbranched alkanes of at least 4 members (excludes halogenated alkanes) is 1. The van der Waals surface area contributed by atoms with Gasteiger partial charge in [0.25, 0.3) is 0 Å². The van der Waals surface area contributed by atoms with E-state index in [0.717, 1.165) is 24.2 Å². The predicted octanol–water partition coefficient (Wildman–Crippen LogP) is 5.25. The van der Waals surface area contributed by atoms with Crippen molar-refractivity contribution >= 4 is 34.8 Å². The van der Waals surface area contributed by atoms with Crippen LogP contribution in [-0.4, -0.2) is 31.5 Å². The number of benzene rings is 2. The van der Waals surface area contributed by atoms with Gasteiger partial charge in [-0.05, 0) is 42.3 Å². The highest BCUT2D eigenvalue weighted by molar-refractivity contribution is 6.31. The topological polar surface area (TPSA) is 101 Å². The van der Waals surface area contributed by atoms with Gasteiger partial charge in [-0.3, -0.25) is 4.79 Å². The zero-order valence-electron chi connectivity index (χ0n) is 18.0. The molecule has 0 spiro atoms. The number of rotatable bonds is 8. The second-order valence-corrected chi connectivity index (χ2v) is 8.06. The second kappa shape index (κ2) is 9.31. The number of carbonyl (C=O) groups excluding carboxylic acids is 1. The number of carboxylic acids is 1. The number of aldehydes is 1. The summed E-state index contributed by atoms with van der Waals surface area (Å²) in [6.45, 7) is 2.46. The summed E-state index contributed by atoms with van der Waals surface area (Å²) in [5.41, 5.74) is 2.82. The first-order valence-corrected chi connectivity index (χ1v) is 10.9. The van der Waals surface area contributed by atoms with Crippen LogP contribution in [0.4, 0.5) is 0 Å². The molecule has 0 aliphatic carbocycles. The van der Waals surface area contributed by atoms with E-state index in [0.29, 0.717) is 47.1 Å². The van der Waals surface area contributed by atoms with E-state index in [9.17, 15) is 20.0 Å². The summed E-state index contributed by atoms with van der Waals surface area (Å²) in [6, 6.07) is 16.2. The normalized spacial score (nSPS) is 10.9. The molecule has 0 amide bonds. The van der Waals surface area contributed by atoms with Crippen LogP contribution in [0.15, 0.2) is 48.5 Å². The molecule has 4 aromatic rings. The smallest absolute Gasteiger partial charge is 0.352 e. The lowest BCUT2D eigenvalue weighted by atomic mass is 10.1. The standard InChI is InChI=1S/C25H21ClN4O3/c1-2-3-8-23-28-24(26)22(15-31)29(23)14-16-9-10-20-18(11-16)12-21(25(32)33)30(20)19-7-5-4-6-17(19)13-27/h4-7,9-12,15H,2-3,8,14H2,1H3,(H,32,33). The maximum atomic E-state index is 12.0. The van der Waals surface area contributed by atoms with Crippen LogP contribution in [-0.2, 0) is 13.0 Å². The molecule has 0 radical (unpaired) electrons. The number of para-hydroxylation sites is 1. The van der Waals surface area contributed by atoms with Crippen molar-refractivity contribution in [1.29, 1.82) is 5.26 Å². The van der Waals surface area contributed by atoms with Crippen LogP contribution in [0.3, 0.4) is 0 Å². The second-order valence-electron chi connectivity index (χ2n) is 7.70. The molecular weight excluding hydrogens is 440 g/mol. The van der Waals surface area contributed by atoms with Gasteiger partial charge in [0.15, 0.2) is 11.4 Å². The molecule has 0 fully saturated rings. The molecule has 0 atom stereocenters. The van der Waals surface area contributed by atoms with Crippen molar-refractivity contribution in [3.63, 3.8) is 0 Å². The van der Waals surface area contributed by atoms with Crippen molar-refractivity contribution in [3.8, 4) is 11.8 Å². The molecule has 2 aromatic carbocycles. The van der Waals surface area contributed by atoms with Crippen LogP contribution in [0.5, 0.6) is 0 Å². The molecule has 0 bridgehead atoms. The lowest BCUT2D eigenvalue weighted by Gasteiger charge is -2.12. The van der Waals surface area contributed by atoms with E-state index in [1.807, 2.05) is 22.8 Å². The molecule has 0 unspecified atom stereocenters. The molecule has 33 heavy (non-hydrogen) atoms. The Morgan fingerprint density at radius 2 is 2.03 bits per heavy atom. The number of nitrogens with zero attached hydrogens (tertiary/aromatic N) is 4. The SMILES string of the molecule is CCCCc1nc(Cl)c(C=O)n1Cc1ccc2c(c1)cc(C(=O)O)n2-c1ccccc1C#N. The Hall–Kier alpha value is -3.89. The van der Waals surface area contributed by atoms with Crippen molar-refractivity contribution < 1.29 is 14.7 Å². The van der Waals surface area contributed by atoms with E-state index in [1.54, 1.807) is 34.9 Å². The molecular formula is C25H21ClN4O3. The zero-order valence-corrected chi connectivity index (χ0v) is 18.7. The monoisotopic (exact) mass is 460 g/mol. The van der Waals surface area contributed by atoms with Crippen LogP contribution in [0.25, 0.3) is 16.6 Å². The summed E-state index contributed by atoms with van der Waals surface area (Å²) in [7, 11) is 0. The number of hydrogen-bond donors (Lipinski definition) is 1. The molecule has 2 aromatic heterocycles. The number of imidazole rings is 1. The van der Waals surface area contributed by atoms with Crippen LogP contribution in [0.1, 0.15) is 57.7 Å². The van der Waals surface area contributed by atoms with E-state index in [-0.39, 0.29) is 10.8 Å². The highest BCUT2D eigenvalue weighted by Crippen LogP contribution is 2.28. The van der Waals surface area contributed by atoms with Crippen molar-refractivity contribution in [1.82, 2.24) is 14.1 Å². The Morgan fingerprint density at radius 3 is 2.73 bits per heavy atom. The van der Waals surface area contributed by atoms with Gasteiger partial charge in [0, 0.05) is 18.4 Å². The Bertz CT molecular complexity index is 1410. The molecule has 0 saturated carbocycles. The quantitative estimate of drug-likeness (QED) is 0.362. The van der Waals surface area contributed by atoms with E-state index >= 15 is 0 Å². The summed E-state index contributed by atoms with van der Waals surface area (Å²) in [5.74, 6) is -0.345. The van der Waals surface area contributed by atoms with Crippen molar-refractivity contribution in [3.05, 3.63) is 82.0 Å². The molecule has 0 aliphatic rings. The first-order valence-electron chi connectivity index (χ1n) is 10.6. The van der Waals surface area contributed by atoms with Gasteiger partial charge in [0.05, 0.1) is 16.8 Å². The van der Waals surface area contributed by atoms with Gasteiger partial charge in [0.1, 0.15) is 23.3 Å². The van der Waals surface area contributed by atoms with Gasteiger partial charge in [0.2, 0.25) is 0 Å². The number of carboxylic acid groups (broad SMARTS) is 1. The van der Waals surface area contributed by atoms with Crippen LogP contribution in [0.2, 0.25) is 5.15 Å². The number of aryl methyl sites for hydroxylation is 1. The molecule has 1 N–H and O–H groups in total. The minimum atomic E-state index is -1.09. The van der Waals surface area contributed by atoms with E-state index < -0.39 is 5.97 Å². The van der Waals surface area contributed by atoms with Gasteiger partial charge in [-0.15, -0.1) is 0 Å². The first-order chi connectivity index (χ1) is 16.0. The van der Waals surface area contributed by atoms with Gasteiger partial charge in [-0.1, -0.05) is 43.1 Å². The lowest BCUT2D eigenvalue weighted by Crippen LogP contribution is -2.09. The minimum absolute atomic E-state index is 0.0627. The number of aromatic nitrogens is 3. The van der Waals surface area contributed by atoms with Crippen LogP contribution >= 0.6 is 11.6 Å². The summed E-state index contributed by atoms with van der Waals surface area (Å²) >= 11 is 6.19. The Morgan fingerprint density at radius 1 is 1.24 bits per heavy atom. The number of carbonyl (C=O) groups is 2. The lowest BCUT2D eigenvalue weighted by molar-refractivity contribution is 0.0688. The number of nitriles is 1. The van der Waals surface area contributed by atoms with E-state index in [4.69, 9.17) is 11.6 Å². The third-order valence-electron chi connectivity index (χ3n) is 5.60. The molecule has 8 heteroatoms. The van der Waals surface area contributed by atoms with Crippen LogP contribution < -0.4 is 0 Å². The van der Waals surface area contributed by atoms with Crippen molar-refractivity contribution in [2.75, 3.05) is 0 Å². The number of aromatic carboxylic acids is 1. The van der Waals surface area contributed by atoms with Gasteiger partial charge in [-0.25, -0.2) is 9.78 Å². The fourth-order valence-electron chi connectivity index (χ4n) is 4.02. The number of hydrogen-bond acceptors (Lipinski definition) is 4. The average molecular weight is 461 g/mol. The third-order valence-corrected chi connectivity index (χ3v) is 5.88. The zero-order chi connectivity index (χ0) is 23.5. The predicted molar refractivity (Wildman–Crippen MR) is 125 cm³/mol. The van der Waals surface area contributed by atoms with Gasteiger partial charge in [-0.2, -0.15) is 5.26 Å². The van der Waals surface area contributed by atoms with E-state index in [1.165, 1.54) is 0 Å². The fraction of sp³-hybridized carbons (Fsp3) is 0.200. The van der Waals surface area contributed by atoms with Crippen molar-refractivity contribution in [2.45, 2.75) is 32.7 Å². The Kier molecular flexibility index (Phi) is 6.29. The molecule has 7 nitrogen and oxygen atoms in total. The highest BCUT2D eigenvalue weighted by atomic mass is 35.5.